The molecule has 0 N–H and O–H groups in total. The lowest BCUT2D eigenvalue weighted by atomic mass is 10.2. The smallest absolute Gasteiger partial charge is 0.237 e. The van der Waals surface area contributed by atoms with Crippen molar-refractivity contribution >= 4 is 21.6 Å². The van der Waals surface area contributed by atoms with E-state index in [-0.39, 0.29) is 6.10 Å². The minimum atomic E-state index is 0.214. The van der Waals surface area contributed by atoms with Gasteiger partial charge in [-0.15, -0.1) is 0 Å². The number of nitrogens with zero attached hydrogens (tertiary/aromatic N) is 2. The third-order valence-corrected chi connectivity index (χ3v) is 2.49. The predicted molar refractivity (Wildman–Crippen MR) is 55.3 cm³/mol. The van der Waals surface area contributed by atoms with Crippen LogP contribution in [-0.2, 0) is 0 Å². The van der Waals surface area contributed by atoms with E-state index in [1.807, 2.05) is 20.0 Å². The number of rotatable bonds is 0. The fourth-order valence-corrected chi connectivity index (χ4v) is 1.81. The van der Waals surface area contributed by atoms with Gasteiger partial charge in [-0.05, 0) is 28.9 Å². The van der Waals surface area contributed by atoms with Crippen LogP contribution in [-0.4, -0.2) is 24.7 Å². The van der Waals surface area contributed by atoms with Gasteiger partial charge in [-0.3, -0.25) is 0 Å². The summed E-state index contributed by atoms with van der Waals surface area (Å²) in [5.74, 6) is 0.726. The Morgan fingerprint density at radius 1 is 1.69 bits per heavy atom. The first-order valence-corrected chi connectivity index (χ1v) is 4.99. The summed E-state index contributed by atoms with van der Waals surface area (Å²) < 4.78 is 6.57. The van der Waals surface area contributed by atoms with Crippen LogP contribution in [0, 0.1) is 0 Å². The number of aromatic nitrogens is 1. The summed E-state index contributed by atoms with van der Waals surface area (Å²) in [5.41, 5.74) is 1.05. The topological polar surface area (TPSA) is 25.4 Å². The Morgan fingerprint density at radius 3 is 3.23 bits per heavy atom. The van der Waals surface area contributed by atoms with Crippen LogP contribution < -0.4 is 9.64 Å². The van der Waals surface area contributed by atoms with Crippen molar-refractivity contribution < 1.29 is 4.74 Å². The molecule has 1 aromatic rings. The maximum Gasteiger partial charge on any atom is 0.237 e. The first-order chi connectivity index (χ1) is 6.16. The minimum Gasteiger partial charge on any atom is -0.471 e. The monoisotopic (exact) mass is 242 g/mol. The third-order valence-electron chi connectivity index (χ3n) is 2.05. The normalized spacial score (nSPS) is 20.8. The van der Waals surface area contributed by atoms with Crippen LogP contribution in [0.15, 0.2) is 16.7 Å². The van der Waals surface area contributed by atoms with Crippen molar-refractivity contribution in [2.75, 3.05) is 18.5 Å². The Hall–Kier alpha value is -0.770. The molecule has 1 unspecified atom stereocenters. The minimum absolute atomic E-state index is 0.214. The van der Waals surface area contributed by atoms with Crippen molar-refractivity contribution in [3.05, 3.63) is 16.7 Å². The van der Waals surface area contributed by atoms with Gasteiger partial charge in [0.25, 0.3) is 0 Å². The summed E-state index contributed by atoms with van der Waals surface area (Å²) in [6.45, 7) is 2.95. The van der Waals surface area contributed by atoms with Gasteiger partial charge in [0.2, 0.25) is 5.88 Å². The van der Waals surface area contributed by atoms with Gasteiger partial charge in [0.15, 0.2) is 0 Å². The number of halogens is 1. The van der Waals surface area contributed by atoms with Crippen molar-refractivity contribution in [3.63, 3.8) is 0 Å². The van der Waals surface area contributed by atoms with Crippen LogP contribution in [0.1, 0.15) is 6.92 Å². The van der Waals surface area contributed by atoms with E-state index in [4.69, 9.17) is 4.74 Å². The van der Waals surface area contributed by atoms with E-state index < -0.39 is 0 Å². The van der Waals surface area contributed by atoms with E-state index in [0.29, 0.717) is 0 Å². The van der Waals surface area contributed by atoms with Crippen LogP contribution in [0.2, 0.25) is 0 Å². The highest BCUT2D eigenvalue weighted by molar-refractivity contribution is 9.10. The summed E-state index contributed by atoms with van der Waals surface area (Å²) >= 11 is 3.39. The molecule has 0 radical (unpaired) electrons. The number of hydrogen-bond donors (Lipinski definition) is 0. The highest BCUT2D eigenvalue weighted by Gasteiger charge is 2.21. The highest BCUT2D eigenvalue weighted by Crippen LogP contribution is 2.32. The van der Waals surface area contributed by atoms with Crippen LogP contribution in [0.4, 0.5) is 5.69 Å². The van der Waals surface area contributed by atoms with Crippen molar-refractivity contribution in [3.8, 4) is 5.88 Å². The Kier molecular flexibility index (Phi) is 2.15. The molecule has 1 aromatic heterocycles. The van der Waals surface area contributed by atoms with Gasteiger partial charge in [0.1, 0.15) is 11.8 Å². The molecule has 0 spiro atoms. The van der Waals surface area contributed by atoms with Gasteiger partial charge < -0.3 is 9.64 Å². The fraction of sp³-hybridized carbons (Fsp3) is 0.444. The second-order valence-corrected chi connectivity index (χ2v) is 4.20. The molecule has 0 bridgehead atoms. The Morgan fingerprint density at radius 2 is 2.46 bits per heavy atom. The molecule has 2 heterocycles. The van der Waals surface area contributed by atoms with E-state index in [1.54, 1.807) is 6.20 Å². The van der Waals surface area contributed by atoms with Crippen LogP contribution in [0.5, 0.6) is 5.88 Å². The number of fused-ring (bicyclic) bond motifs is 1. The molecule has 1 aliphatic rings. The van der Waals surface area contributed by atoms with Crippen molar-refractivity contribution in [1.82, 2.24) is 4.98 Å². The number of anilines is 1. The molecule has 0 aliphatic carbocycles. The second-order valence-electron chi connectivity index (χ2n) is 3.29. The molecule has 0 fully saturated rings. The molecule has 70 valence electrons. The molecule has 1 aliphatic heterocycles. The lowest BCUT2D eigenvalue weighted by molar-refractivity contribution is 0.206. The van der Waals surface area contributed by atoms with Gasteiger partial charge in [0.05, 0.1) is 6.54 Å². The first kappa shape index (κ1) is 8.81. The SMILES string of the molecule is CC1CN(C)c2cc(Br)cnc2O1. The summed E-state index contributed by atoms with van der Waals surface area (Å²) in [6, 6.07) is 2.02. The summed E-state index contributed by atoms with van der Waals surface area (Å²) in [4.78, 5) is 6.36. The van der Waals surface area contributed by atoms with Crippen molar-refractivity contribution in [1.29, 1.82) is 0 Å². The van der Waals surface area contributed by atoms with Gasteiger partial charge in [-0.25, -0.2) is 4.98 Å². The van der Waals surface area contributed by atoms with Gasteiger partial charge in [0, 0.05) is 17.7 Å². The van der Waals surface area contributed by atoms with E-state index in [2.05, 4.69) is 25.8 Å². The lowest BCUT2D eigenvalue weighted by Crippen LogP contribution is -2.35. The summed E-state index contributed by atoms with van der Waals surface area (Å²) in [6.07, 6.45) is 1.97. The van der Waals surface area contributed by atoms with Crippen molar-refractivity contribution in [2.45, 2.75) is 13.0 Å². The highest BCUT2D eigenvalue weighted by atomic mass is 79.9. The summed E-state index contributed by atoms with van der Waals surface area (Å²) in [5, 5.41) is 0. The molecule has 2 rings (SSSR count). The molecule has 3 nitrogen and oxygen atoms in total. The molecule has 4 heteroatoms. The molecule has 1 atom stereocenters. The molecule has 0 saturated carbocycles. The third kappa shape index (κ3) is 1.63. The zero-order chi connectivity index (χ0) is 9.42. The van der Waals surface area contributed by atoms with Gasteiger partial charge >= 0.3 is 0 Å². The zero-order valence-electron chi connectivity index (χ0n) is 7.62. The average molecular weight is 243 g/mol. The Labute approximate surface area is 85.8 Å². The number of pyridine rings is 1. The predicted octanol–water partition coefficient (Wildman–Crippen LogP) is 2.06. The lowest BCUT2D eigenvalue weighted by Gasteiger charge is -2.31. The Bertz CT molecular complexity index is 329. The Balaban J connectivity index is 2.43. The second kappa shape index (κ2) is 3.18. The van der Waals surface area contributed by atoms with E-state index in [1.165, 1.54) is 0 Å². The number of hydrogen-bond acceptors (Lipinski definition) is 3. The molecule has 13 heavy (non-hydrogen) atoms. The molecular formula is C9H11BrN2O. The zero-order valence-corrected chi connectivity index (χ0v) is 9.21. The maximum atomic E-state index is 5.58. The standard InChI is InChI=1S/C9H11BrN2O/c1-6-5-12(2)8-3-7(10)4-11-9(8)13-6/h3-4,6H,5H2,1-2H3. The van der Waals surface area contributed by atoms with E-state index in [0.717, 1.165) is 22.6 Å². The quantitative estimate of drug-likeness (QED) is 0.697. The van der Waals surface area contributed by atoms with Crippen LogP contribution >= 0.6 is 15.9 Å². The van der Waals surface area contributed by atoms with E-state index >= 15 is 0 Å². The number of likely N-dealkylation sites (N-methyl/N-ethyl adjacent to an activating group) is 1. The maximum absolute atomic E-state index is 5.58. The van der Waals surface area contributed by atoms with E-state index in [9.17, 15) is 0 Å². The largest absolute Gasteiger partial charge is 0.471 e. The van der Waals surface area contributed by atoms with Crippen LogP contribution in [0.25, 0.3) is 0 Å². The van der Waals surface area contributed by atoms with Crippen molar-refractivity contribution in [2.24, 2.45) is 0 Å². The van der Waals surface area contributed by atoms with Crippen LogP contribution in [0.3, 0.4) is 0 Å². The first-order valence-electron chi connectivity index (χ1n) is 4.20. The van der Waals surface area contributed by atoms with Gasteiger partial charge in [-0.1, -0.05) is 0 Å². The summed E-state index contributed by atoms with van der Waals surface area (Å²) in [7, 11) is 2.05. The van der Waals surface area contributed by atoms with Gasteiger partial charge in [-0.2, -0.15) is 0 Å². The molecule has 0 aromatic carbocycles. The molecule has 0 amide bonds. The molecular weight excluding hydrogens is 232 g/mol. The average Bonchev–Trinajstić information content (AvgIpc) is 2.06. The molecule has 0 saturated heterocycles. The number of ether oxygens (including phenoxy) is 1. The fourth-order valence-electron chi connectivity index (χ4n) is 1.49.